The summed E-state index contributed by atoms with van der Waals surface area (Å²) in [5.74, 6) is 0. The van der Waals surface area contributed by atoms with Crippen molar-refractivity contribution in [1.29, 1.82) is 0 Å². The highest BCUT2D eigenvalue weighted by Gasteiger charge is 2.23. The van der Waals surface area contributed by atoms with Crippen LogP contribution in [0, 0.1) is 5.41 Å². The van der Waals surface area contributed by atoms with E-state index in [1.54, 1.807) is 0 Å². The van der Waals surface area contributed by atoms with Crippen LogP contribution in [0.25, 0.3) is 0 Å². The van der Waals surface area contributed by atoms with Gasteiger partial charge < -0.3 is 15.5 Å². The van der Waals surface area contributed by atoms with Crippen molar-refractivity contribution < 1.29 is 0 Å². The van der Waals surface area contributed by atoms with Crippen molar-refractivity contribution in [3.05, 3.63) is 0 Å². The maximum atomic E-state index is 5.76. The maximum absolute atomic E-state index is 5.76. The molecule has 1 aliphatic heterocycles. The third-order valence-corrected chi connectivity index (χ3v) is 4.76. The van der Waals surface area contributed by atoms with Crippen molar-refractivity contribution in [3.8, 4) is 0 Å². The van der Waals surface area contributed by atoms with E-state index in [4.69, 9.17) is 18.0 Å². The van der Waals surface area contributed by atoms with Gasteiger partial charge in [0.25, 0.3) is 0 Å². The van der Waals surface area contributed by atoms with Gasteiger partial charge in [-0.25, -0.2) is 0 Å². The number of likely N-dealkylation sites (tertiary alicyclic amines) is 1. The molecule has 0 spiro atoms. The van der Waals surface area contributed by atoms with Gasteiger partial charge in [0.05, 0.1) is 4.99 Å². The van der Waals surface area contributed by atoms with Crippen LogP contribution in [0.5, 0.6) is 0 Å². The molecule has 4 heteroatoms. The Morgan fingerprint density at radius 3 is 2.72 bits per heavy atom. The molecular weight excluding hydrogens is 242 g/mol. The highest BCUT2D eigenvalue weighted by Crippen LogP contribution is 2.23. The van der Waals surface area contributed by atoms with Gasteiger partial charge >= 0.3 is 0 Å². The number of thiocarbonyl (C=S) groups is 1. The monoisotopic (exact) mass is 271 g/mol. The first-order valence-electron chi connectivity index (χ1n) is 7.01. The van der Waals surface area contributed by atoms with Crippen molar-refractivity contribution in [2.45, 2.75) is 45.6 Å². The summed E-state index contributed by atoms with van der Waals surface area (Å²) >= 11 is 5.11. The second-order valence-corrected chi connectivity index (χ2v) is 6.83. The quantitative estimate of drug-likeness (QED) is 0.750. The third kappa shape index (κ3) is 4.82. The molecule has 18 heavy (non-hydrogen) atoms. The van der Waals surface area contributed by atoms with E-state index >= 15 is 0 Å². The topological polar surface area (TPSA) is 32.5 Å². The molecule has 0 aromatic carbocycles. The molecule has 1 rings (SSSR count). The molecule has 1 aliphatic rings. The van der Waals surface area contributed by atoms with Crippen molar-refractivity contribution in [1.82, 2.24) is 9.80 Å². The standard InChI is InChI=1S/C14H29N3S/c1-14(2,13(15)18)8-6-10-17(4)12-7-5-9-16(3)11-12/h12H,5-11H2,1-4H3,(H2,15,18). The van der Waals surface area contributed by atoms with Crippen LogP contribution in [0.15, 0.2) is 0 Å². The van der Waals surface area contributed by atoms with Crippen molar-refractivity contribution in [3.63, 3.8) is 0 Å². The van der Waals surface area contributed by atoms with E-state index < -0.39 is 0 Å². The Bertz CT molecular complexity index is 278. The first kappa shape index (κ1) is 15.9. The summed E-state index contributed by atoms with van der Waals surface area (Å²) in [5.41, 5.74) is 5.76. The number of nitrogens with two attached hydrogens (primary N) is 1. The second-order valence-electron chi connectivity index (χ2n) is 6.39. The molecule has 1 saturated heterocycles. The van der Waals surface area contributed by atoms with E-state index in [2.05, 4.69) is 37.7 Å². The van der Waals surface area contributed by atoms with Crippen molar-refractivity contribution in [2.24, 2.45) is 11.1 Å². The average molecular weight is 271 g/mol. The molecule has 0 aromatic heterocycles. The second kappa shape index (κ2) is 6.83. The largest absolute Gasteiger partial charge is 0.393 e. The van der Waals surface area contributed by atoms with E-state index in [0.29, 0.717) is 4.99 Å². The van der Waals surface area contributed by atoms with E-state index in [-0.39, 0.29) is 5.41 Å². The van der Waals surface area contributed by atoms with Gasteiger partial charge in [0.2, 0.25) is 0 Å². The lowest BCUT2D eigenvalue weighted by Crippen LogP contribution is -2.45. The Labute approximate surface area is 118 Å². The Morgan fingerprint density at radius 2 is 2.17 bits per heavy atom. The zero-order valence-corrected chi connectivity index (χ0v) is 13.2. The molecule has 0 saturated carbocycles. The Kier molecular flexibility index (Phi) is 6.02. The Balaban J connectivity index is 2.28. The summed E-state index contributed by atoms with van der Waals surface area (Å²) in [7, 11) is 4.47. The third-order valence-electron chi connectivity index (χ3n) is 4.20. The lowest BCUT2D eigenvalue weighted by Gasteiger charge is -2.36. The van der Waals surface area contributed by atoms with Crippen molar-refractivity contribution >= 4 is 17.2 Å². The molecule has 1 atom stereocenters. The molecule has 106 valence electrons. The van der Waals surface area contributed by atoms with Crippen LogP contribution in [0.1, 0.15) is 39.5 Å². The minimum absolute atomic E-state index is 0.000466. The van der Waals surface area contributed by atoms with Crippen LogP contribution in [-0.4, -0.2) is 54.6 Å². The van der Waals surface area contributed by atoms with Crippen LogP contribution in [-0.2, 0) is 0 Å². The van der Waals surface area contributed by atoms with Crippen LogP contribution < -0.4 is 5.73 Å². The number of nitrogens with zero attached hydrogens (tertiary/aromatic N) is 2. The van der Waals surface area contributed by atoms with Gasteiger partial charge in [-0.15, -0.1) is 0 Å². The molecule has 0 aliphatic carbocycles. The van der Waals surface area contributed by atoms with E-state index in [1.807, 2.05) is 0 Å². The summed E-state index contributed by atoms with van der Waals surface area (Å²) in [6.07, 6.45) is 4.90. The number of hydrogen-bond donors (Lipinski definition) is 1. The molecular formula is C14H29N3S. The Morgan fingerprint density at radius 1 is 1.50 bits per heavy atom. The number of likely N-dealkylation sites (N-methyl/N-ethyl adjacent to an activating group) is 2. The molecule has 0 aromatic rings. The summed E-state index contributed by atoms with van der Waals surface area (Å²) < 4.78 is 0. The first-order chi connectivity index (χ1) is 8.33. The highest BCUT2D eigenvalue weighted by molar-refractivity contribution is 7.80. The van der Waals surface area contributed by atoms with Gasteiger partial charge in [-0.05, 0) is 52.9 Å². The van der Waals surface area contributed by atoms with Gasteiger partial charge in [0.1, 0.15) is 0 Å². The zero-order chi connectivity index (χ0) is 13.8. The molecule has 0 bridgehead atoms. The molecule has 2 N–H and O–H groups in total. The van der Waals surface area contributed by atoms with Crippen LogP contribution >= 0.6 is 12.2 Å². The fraction of sp³-hybridized carbons (Fsp3) is 0.929. The fourth-order valence-electron chi connectivity index (χ4n) is 2.58. The maximum Gasteiger partial charge on any atom is 0.0784 e. The lowest BCUT2D eigenvalue weighted by molar-refractivity contribution is 0.131. The van der Waals surface area contributed by atoms with Gasteiger partial charge in [-0.3, -0.25) is 0 Å². The normalized spacial score (nSPS) is 22.4. The van der Waals surface area contributed by atoms with Gasteiger partial charge in [-0.2, -0.15) is 0 Å². The molecule has 3 nitrogen and oxygen atoms in total. The van der Waals surface area contributed by atoms with Crippen LogP contribution in [0.4, 0.5) is 0 Å². The van der Waals surface area contributed by atoms with Gasteiger partial charge in [0, 0.05) is 18.0 Å². The fourth-order valence-corrected chi connectivity index (χ4v) is 2.68. The minimum Gasteiger partial charge on any atom is -0.393 e. The predicted octanol–water partition coefficient (Wildman–Crippen LogP) is 2.10. The van der Waals surface area contributed by atoms with Crippen LogP contribution in [0.3, 0.4) is 0 Å². The predicted molar refractivity (Wildman–Crippen MR) is 82.9 cm³/mol. The SMILES string of the molecule is CN1CCCC(N(C)CCCC(C)(C)C(N)=S)C1. The first-order valence-corrected chi connectivity index (χ1v) is 7.42. The van der Waals surface area contributed by atoms with Gasteiger partial charge in [-0.1, -0.05) is 26.1 Å². The molecule has 1 fully saturated rings. The zero-order valence-electron chi connectivity index (χ0n) is 12.4. The average Bonchev–Trinajstić information content (AvgIpc) is 2.28. The highest BCUT2D eigenvalue weighted by atomic mass is 32.1. The number of hydrogen-bond acceptors (Lipinski definition) is 3. The molecule has 0 amide bonds. The Hall–Kier alpha value is -0.190. The minimum atomic E-state index is -0.000466. The summed E-state index contributed by atoms with van der Waals surface area (Å²) in [6, 6.07) is 0.719. The molecule has 0 radical (unpaired) electrons. The van der Waals surface area contributed by atoms with Gasteiger partial charge in [0.15, 0.2) is 0 Å². The summed E-state index contributed by atoms with van der Waals surface area (Å²) in [4.78, 5) is 5.58. The van der Waals surface area contributed by atoms with E-state index in [1.165, 1.54) is 32.4 Å². The number of rotatable bonds is 6. The van der Waals surface area contributed by atoms with E-state index in [9.17, 15) is 0 Å². The van der Waals surface area contributed by atoms with Crippen molar-refractivity contribution in [2.75, 3.05) is 33.7 Å². The lowest BCUT2D eigenvalue weighted by atomic mass is 9.87. The number of piperidine rings is 1. The smallest absolute Gasteiger partial charge is 0.0784 e. The van der Waals surface area contributed by atoms with Crippen LogP contribution in [0.2, 0.25) is 0 Å². The summed E-state index contributed by atoms with van der Waals surface area (Å²) in [5, 5.41) is 0. The molecule has 1 heterocycles. The van der Waals surface area contributed by atoms with E-state index in [0.717, 1.165) is 19.0 Å². The molecule has 1 unspecified atom stereocenters. The summed E-state index contributed by atoms with van der Waals surface area (Å²) in [6.45, 7) is 7.88.